The number of carbonyl (C=O) groups excluding carboxylic acids is 1. The molecule has 0 aromatic heterocycles. The summed E-state index contributed by atoms with van der Waals surface area (Å²) in [5.41, 5.74) is -0.177. The molecule has 2 aliphatic heterocycles. The average molecular weight is 280 g/mol. The van der Waals surface area contributed by atoms with Crippen molar-refractivity contribution < 1.29 is 14.3 Å². The van der Waals surface area contributed by atoms with Gasteiger partial charge in [-0.1, -0.05) is 6.92 Å². The molecule has 2 aliphatic carbocycles. The predicted octanol–water partition coefficient (Wildman–Crippen LogP) is 3.56. The molecular weight excluding hydrogens is 252 g/mol. The molecule has 4 rings (SSSR count). The zero-order chi connectivity index (χ0) is 14.7. The summed E-state index contributed by atoms with van der Waals surface area (Å²) in [4.78, 5) is 11.4. The van der Waals surface area contributed by atoms with E-state index < -0.39 is 0 Å². The maximum Gasteiger partial charge on any atom is 0.302 e. The van der Waals surface area contributed by atoms with Gasteiger partial charge < -0.3 is 9.47 Å². The summed E-state index contributed by atoms with van der Waals surface area (Å²) in [5, 5.41) is 0. The lowest BCUT2D eigenvalue weighted by Crippen LogP contribution is -2.52. The van der Waals surface area contributed by atoms with Gasteiger partial charge in [-0.15, -0.1) is 0 Å². The second kappa shape index (κ2) is 4.46. The number of carbonyl (C=O) groups is 1. The van der Waals surface area contributed by atoms with Crippen molar-refractivity contribution in [3.05, 3.63) is 0 Å². The zero-order valence-corrected chi connectivity index (χ0v) is 13.4. The summed E-state index contributed by atoms with van der Waals surface area (Å²) in [7, 11) is 0. The Morgan fingerprint density at radius 1 is 1.25 bits per heavy atom. The summed E-state index contributed by atoms with van der Waals surface area (Å²) in [6.07, 6.45) is 4.63. The fraction of sp³-hybridized carbons (Fsp3) is 0.941. The normalized spacial score (nSPS) is 49.5. The van der Waals surface area contributed by atoms with Crippen LogP contribution in [-0.4, -0.2) is 23.3 Å². The van der Waals surface area contributed by atoms with E-state index in [4.69, 9.17) is 9.47 Å². The summed E-state index contributed by atoms with van der Waals surface area (Å²) < 4.78 is 12.2. The van der Waals surface area contributed by atoms with Crippen LogP contribution >= 0.6 is 0 Å². The fourth-order valence-electron chi connectivity index (χ4n) is 5.39. The van der Waals surface area contributed by atoms with E-state index in [0.717, 1.165) is 12.8 Å². The standard InChI is InChI=1S/C17H28O3/c1-10-8-14(19-11(2)18)15-13(10)9-12-6-7-17(15,5)20-16(12,3)4/h10,12-15H,6-9H2,1-5H3. The van der Waals surface area contributed by atoms with Crippen LogP contribution in [-0.2, 0) is 14.3 Å². The van der Waals surface area contributed by atoms with Crippen molar-refractivity contribution in [3.8, 4) is 0 Å². The van der Waals surface area contributed by atoms with Crippen molar-refractivity contribution in [3.63, 3.8) is 0 Å². The molecule has 0 radical (unpaired) electrons. The van der Waals surface area contributed by atoms with Crippen molar-refractivity contribution in [2.75, 3.05) is 0 Å². The molecule has 0 spiro atoms. The number of hydrogen-bond donors (Lipinski definition) is 0. The summed E-state index contributed by atoms with van der Waals surface area (Å²) >= 11 is 0. The van der Waals surface area contributed by atoms with E-state index in [1.807, 2.05) is 0 Å². The van der Waals surface area contributed by atoms with E-state index in [-0.39, 0.29) is 23.3 Å². The van der Waals surface area contributed by atoms with E-state index in [0.29, 0.717) is 23.7 Å². The first-order valence-corrected chi connectivity index (χ1v) is 8.10. The highest BCUT2D eigenvalue weighted by Crippen LogP contribution is 2.58. The first kappa shape index (κ1) is 14.4. The first-order valence-electron chi connectivity index (χ1n) is 8.10. The van der Waals surface area contributed by atoms with Gasteiger partial charge in [-0.25, -0.2) is 0 Å². The minimum Gasteiger partial charge on any atom is -0.462 e. The highest BCUT2D eigenvalue weighted by atomic mass is 16.6. The summed E-state index contributed by atoms with van der Waals surface area (Å²) in [6, 6.07) is 0. The van der Waals surface area contributed by atoms with Gasteiger partial charge >= 0.3 is 5.97 Å². The molecule has 4 aliphatic rings. The number of rotatable bonds is 1. The Hall–Kier alpha value is -0.570. The van der Waals surface area contributed by atoms with Crippen LogP contribution in [0.1, 0.15) is 60.3 Å². The molecule has 3 nitrogen and oxygen atoms in total. The van der Waals surface area contributed by atoms with E-state index in [2.05, 4.69) is 27.7 Å². The smallest absolute Gasteiger partial charge is 0.302 e. The molecule has 4 fully saturated rings. The minimum absolute atomic E-state index is 0.0438. The number of esters is 1. The molecule has 0 aromatic rings. The summed E-state index contributed by atoms with van der Waals surface area (Å²) in [6.45, 7) is 10.6. The summed E-state index contributed by atoms with van der Waals surface area (Å²) in [5.74, 6) is 2.13. The third kappa shape index (κ3) is 2.09. The SMILES string of the molecule is CC(=O)OC1CC(C)C2CC3CCC(C)(OC3(C)C)C12. The van der Waals surface area contributed by atoms with Gasteiger partial charge in [0, 0.05) is 12.8 Å². The van der Waals surface area contributed by atoms with Crippen molar-refractivity contribution >= 4 is 5.97 Å². The van der Waals surface area contributed by atoms with Crippen LogP contribution in [0.4, 0.5) is 0 Å². The third-order valence-corrected chi connectivity index (χ3v) is 6.24. The van der Waals surface area contributed by atoms with Crippen LogP contribution in [0.25, 0.3) is 0 Å². The van der Waals surface area contributed by atoms with Gasteiger partial charge in [0.05, 0.1) is 11.2 Å². The van der Waals surface area contributed by atoms with Crippen molar-refractivity contribution in [1.29, 1.82) is 0 Å². The van der Waals surface area contributed by atoms with Crippen LogP contribution in [0.2, 0.25) is 0 Å². The zero-order valence-electron chi connectivity index (χ0n) is 13.4. The largest absolute Gasteiger partial charge is 0.462 e. The van der Waals surface area contributed by atoms with E-state index >= 15 is 0 Å². The average Bonchev–Trinajstić information content (AvgIpc) is 2.46. The third-order valence-electron chi connectivity index (χ3n) is 6.24. The molecule has 2 saturated heterocycles. The number of hydrogen-bond acceptors (Lipinski definition) is 3. The number of fused-ring (bicyclic) bond motifs is 2. The lowest BCUT2D eigenvalue weighted by Gasteiger charge is -2.48. The van der Waals surface area contributed by atoms with Crippen LogP contribution in [0.3, 0.4) is 0 Å². The molecule has 2 bridgehead atoms. The molecule has 0 amide bonds. The van der Waals surface area contributed by atoms with Gasteiger partial charge in [0.1, 0.15) is 6.10 Å². The highest BCUT2D eigenvalue weighted by molar-refractivity contribution is 5.66. The quantitative estimate of drug-likeness (QED) is 0.689. The maximum absolute atomic E-state index is 11.4. The van der Waals surface area contributed by atoms with Gasteiger partial charge in [-0.05, 0) is 64.2 Å². The number of ether oxygens (including phenoxy) is 2. The highest BCUT2D eigenvalue weighted by Gasteiger charge is 2.60. The Morgan fingerprint density at radius 3 is 2.55 bits per heavy atom. The molecule has 0 aromatic carbocycles. The van der Waals surface area contributed by atoms with Gasteiger partial charge in [-0.3, -0.25) is 4.79 Å². The first-order chi connectivity index (χ1) is 9.23. The molecule has 6 unspecified atom stereocenters. The van der Waals surface area contributed by atoms with Crippen LogP contribution in [0, 0.1) is 23.7 Å². The van der Waals surface area contributed by atoms with Gasteiger partial charge in [0.15, 0.2) is 0 Å². The molecule has 3 heteroatoms. The van der Waals surface area contributed by atoms with Gasteiger partial charge in [0.2, 0.25) is 0 Å². The molecule has 2 heterocycles. The maximum atomic E-state index is 11.4. The lowest BCUT2D eigenvalue weighted by molar-refractivity contribution is -0.213. The Kier molecular flexibility index (Phi) is 3.20. The monoisotopic (exact) mass is 280 g/mol. The van der Waals surface area contributed by atoms with E-state index in [9.17, 15) is 4.79 Å². The Labute approximate surface area is 122 Å². The topological polar surface area (TPSA) is 35.5 Å². The van der Waals surface area contributed by atoms with E-state index in [1.165, 1.54) is 19.8 Å². The van der Waals surface area contributed by atoms with Crippen LogP contribution in [0.15, 0.2) is 0 Å². The van der Waals surface area contributed by atoms with Crippen LogP contribution < -0.4 is 0 Å². The Bertz CT molecular complexity index is 416. The van der Waals surface area contributed by atoms with E-state index in [1.54, 1.807) is 0 Å². The van der Waals surface area contributed by atoms with Crippen molar-refractivity contribution in [2.45, 2.75) is 77.6 Å². The molecule has 114 valence electrons. The second-order valence-corrected chi connectivity index (χ2v) is 8.04. The van der Waals surface area contributed by atoms with Gasteiger partial charge in [-0.2, -0.15) is 0 Å². The predicted molar refractivity (Wildman–Crippen MR) is 77.2 cm³/mol. The minimum atomic E-state index is -0.149. The molecule has 0 N–H and O–H groups in total. The Morgan fingerprint density at radius 2 is 1.95 bits per heavy atom. The molecular formula is C17H28O3. The molecule has 2 saturated carbocycles. The lowest BCUT2D eigenvalue weighted by atomic mass is 9.77. The van der Waals surface area contributed by atoms with Crippen molar-refractivity contribution in [2.24, 2.45) is 23.7 Å². The second-order valence-electron chi connectivity index (χ2n) is 8.04. The Balaban J connectivity index is 1.96. The fourth-order valence-corrected chi connectivity index (χ4v) is 5.39. The van der Waals surface area contributed by atoms with Crippen LogP contribution in [0.5, 0.6) is 0 Å². The molecule has 6 atom stereocenters. The van der Waals surface area contributed by atoms with Gasteiger partial charge in [0.25, 0.3) is 0 Å². The van der Waals surface area contributed by atoms with Crippen molar-refractivity contribution in [1.82, 2.24) is 0 Å². The molecule has 20 heavy (non-hydrogen) atoms.